The average Bonchev–Trinajstić information content (AvgIpc) is 3.27. The van der Waals surface area contributed by atoms with Gasteiger partial charge in [0.2, 0.25) is 0 Å². The molecule has 6 nitrogen and oxygen atoms in total. The van der Waals surface area contributed by atoms with Crippen molar-refractivity contribution in [2.75, 3.05) is 13.2 Å². The van der Waals surface area contributed by atoms with Crippen LogP contribution in [0.1, 0.15) is 311 Å². The molecule has 0 aromatic heterocycles. The van der Waals surface area contributed by atoms with Crippen LogP contribution in [0, 0.1) is 17.8 Å². The maximum atomic E-state index is 12.8. The molecule has 0 amide bonds. The van der Waals surface area contributed by atoms with Crippen LogP contribution < -0.4 is 0 Å². The summed E-state index contributed by atoms with van der Waals surface area (Å²) in [5, 5.41) is 0. The lowest BCUT2D eigenvalue weighted by Gasteiger charge is -2.18. The van der Waals surface area contributed by atoms with Crippen LogP contribution in [0.3, 0.4) is 0 Å². The van der Waals surface area contributed by atoms with E-state index in [1.165, 1.54) is 193 Å². The molecule has 63 heavy (non-hydrogen) atoms. The van der Waals surface area contributed by atoms with E-state index in [4.69, 9.17) is 14.2 Å². The van der Waals surface area contributed by atoms with Gasteiger partial charge in [-0.1, -0.05) is 273 Å². The van der Waals surface area contributed by atoms with Crippen molar-refractivity contribution in [2.45, 2.75) is 317 Å². The third kappa shape index (κ3) is 48.2. The van der Waals surface area contributed by atoms with Crippen LogP contribution in [0.4, 0.5) is 0 Å². The smallest absolute Gasteiger partial charge is 0.306 e. The zero-order valence-electron chi connectivity index (χ0n) is 43.4. The Labute approximate surface area is 393 Å². The Kier molecular flexibility index (Phi) is 47.1. The Morgan fingerprint density at radius 2 is 0.556 bits per heavy atom. The summed E-state index contributed by atoms with van der Waals surface area (Å²) in [7, 11) is 0. The lowest BCUT2D eigenvalue weighted by Crippen LogP contribution is -2.30. The molecule has 374 valence electrons. The molecule has 0 spiro atoms. The van der Waals surface area contributed by atoms with Crippen LogP contribution in [0.5, 0.6) is 0 Å². The summed E-state index contributed by atoms with van der Waals surface area (Å²) in [5.41, 5.74) is 0. The maximum absolute atomic E-state index is 12.8. The Morgan fingerprint density at radius 3 is 0.825 bits per heavy atom. The van der Waals surface area contributed by atoms with E-state index in [0.717, 1.165) is 75.5 Å². The van der Waals surface area contributed by atoms with Crippen LogP contribution >= 0.6 is 0 Å². The largest absolute Gasteiger partial charge is 0.462 e. The van der Waals surface area contributed by atoms with Gasteiger partial charge in [0.1, 0.15) is 13.2 Å². The molecular weight excluding hydrogens is 781 g/mol. The van der Waals surface area contributed by atoms with Crippen LogP contribution in [0.25, 0.3) is 0 Å². The van der Waals surface area contributed by atoms with Crippen LogP contribution in [-0.4, -0.2) is 37.2 Å². The first-order valence-electron chi connectivity index (χ1n) is 28.2. The summed E-state index contributed by atoms with van der Waals surface area (Å²) in [6.07, 6.45) is 49.5. The van der Waals surface area contributed by atoms with Gasteiger partial charge in [-0.3, -0.25) is 14.4 Å². The monoisotopic (exact) mass is 891 g/mol. The van der Waals surface area contributed by atoms with Crippen molar-refractivity contribution in [2.24, 2.45) is 17.8 Å². The van der Waals surface area contributed by atoms with Crippen molar-refractivity contribution in [3.63, 3.8) is 0 Å². The third-order valence-electron chi connectivity index (χ3n) is 13.6. The Morgan fingerprint density at radius 1 is 0.317 bits per heavy atom. The van der Waals surface area contributed by atoms with Crippen molar-refractivity contribution in [1.29, 1.82) is 0 Å². The zero-order valence-corrected chi connectivity index (χ0v) is 43.4. The molecule has 0 saturated heterocycles. The van der Waals surface area contributed by atoms with Gasteiger partial charge >= 0.3 is 17.9 Å². The molecule has 0 heterocycles. The average molecular weight is 892 g/mol. The summed E-state index contributed by atoms with van der Waals surface area (Å²) >= 11 is 0. The number of esters is 3. The minimum atomic E-state index is -0.764. The molecule has 3 atom stereocenters. The second-order valence-corrected chi connectivity index (χ2v) is 20.5. The van der Waals surface area contributed by atoms with Crippen molar-refractivity contribution in [1.82, 2.24) is 0 Å². The normalized spacial score (nSPS) is 13.0. The highest BCUT2D eigenvalue weighted by Crippen LogP contribution is 2.19. The van der Waals surface area contributed by atoms with E-state index in [0.29, 0.717) is 19.3 Å². The lowest BCUT2D eigenvalue weighted by molar-refractivity contribution is -0.167. The van der Waals surface area contributed by atoms with Crippen LogP contribution in [0.2, 0.25) is 0 Å². The minimum Gasteiger partial charge on any atom is -0.462 e. The second kappa shape index (κ2) is 48.3. The Bertz CT molecular complexity index is 980. The van der Waals surface area contributed by atoms with Crippen LogP contribution in [0.15, 0.2) is 0 Å². The fourth-order valence-electron chi connectivity index (χ4n) is 8.58. The standard InChI is InChI=1S/C57H110O6/c1-7-52(5)44-38-32-26-22-18-14-10-12-16-20-24-28-35-41-47-56(59)62-50-54(63-57(60)48-42-36-30-29-33-39-45-53(6)8-2)49-61-55(58)46-40-34-27-23-19-15-11-9-13-17-21-25-31-37-43-51(3)4/h51-54H,7-50H2,1-6H3/t52?,53?,54-/m0/s1. The molecule has 2 unspecified atom stereocenters. The molecule has 0 aromatic carbocycles. The summed E-state index contributed by atoms with van der Waals surface area (Å²) in [6, 6.07) is 0. The second-order valence-electron chi connectivity index (χ2n) is 20.5. The number of hydrogen-bond donors (Lipinski definition) is 0. The van der Waals surface area contributed by atoms with Gasteiger partial charge in [0.15, 0.2) is 6.10 Å². The molecule has 0 bridgehead atoms. The van der Waals surface area contributed by atoms with Crippen molar-refractivity contribution < 1.29 is 28.6 Å². The molecule has 6 heteroatoms. The molecule has 0 radical (unpaired) electrons. The Balaban J connectivity index is 4.24. The Hall–Kier alpha value is -1.59. The fourth-order valence-corrected chi connectivity index (χ4v) is 8.58. The van der Waals surface area contributed by atoms with E-state index in [-0.39, 0.29) is 31.1 Å². The highest BCUT2D eigenvalue weighted by molar-refractivity contribution is 5.71. The quantitative estimate of drug-likeness (QED) is 0.0344. The molecule has 0 rings (SSSR count). The molecule has 0 aromatic rings. The van der Waals surface area contributed by atoms with E-state index < -0.39 is 6.10 Å². The van der Waals surface area contributed by atoms with Crippen molar-refractivity contribution in [3.05, 3.63) is 0 Å². The zero-order chi connectivity index (χ0) is 46.3. The van der Waals surface area contributed by atoms with Crippen molar-refractivity contribution >= 4 is 17.9 Å². The predicted octanol–water partition coefficient (Wildman–Crippen LogP) is 18.3. The van der Waals surface area contributed by atoms with E-state index >= 15 is 0 Å². The van der Waals surface area contributed by atoms with Crippen molar-refractivity contribution in [3.8, 4) is 0 Å². The summed E-state index contributed by atoms with van der Waals surface area (Å²) in [5.74, 6) is 1.70. The summed E-state index contributed by atoms with van der Waals surface area (Å²) in [6.45, 7) is 13.8. The first kappa shape index (κ1) is 61.4. The third-order valence-corrected chi connectivity index (χ3v) is 13.6. The number of ether oxygens (including phenoxy) is 3. The number of unbranched alkanes of at least 4 members (excludes halogenated alkanes) is 31. The number of carbonyl (C=O) groups excluding carboxylic acids is 3. The SMILES string of the molecule is CCC(C)CCCCCCCCCCCCCCCCC(=O)OC[C@H](COC(=O)CCCCCCCCCCCCCCCCC(C)C)OC(=O)CCCCCCCCC(C)CC. The van der Waals surface area contributed by atoms with Gasteiger partial charge in [-0.05, 0) is 37.0 Å². The van der Waals surface area contributed by atoms with Gasteiger partial charge in [-0.15, -0.1) is 0 Å². The topological polar surface area (TPSA) is 78.9 Å². The van der Waals surface area contributed by atoms with E-state index in [1.54, 1.807) is 0 Å². The minimum absolute atomic E-state index is 0.0648. The molecule has 0 fully saturated rings. The van der Waals surface area contributed by atoms with Gasteiger partial charge in [-0.25, -0.2) is 0 Å². The molecule has 0 aliphatic carbocycles. The highest BCUT2D eigenvalue weighted by atomic mass is 16.6. The summed E-state index contributed by atoms with van der Waals surface area (Å²) in [4.78, 5) is 38.0. The molecule has 0 aliphatic rings. The first-order valence-corrected chi connectivity index (χ1v) is 28.2. The predicted molar refractivity (Wildman–Crippen MR) is 270 cm³/mol. The first-order chi connectivity index (χ1) is 30.7. The fraction of sp³-hybridized carbons (Fsp3) is 0.947. The number of hydrogen-bond acceptors (Lipinski definition) is 6. The lowest BCUT2D eigenvalue weighted by atomic mass is 9.99. The van der Waals surface area contributed by atoms with Gasteiger partial charge in [0.05, 0.1) is 0 Å². The van der Waals surface area contributed by atoms with Gasteiger partial charge in [0, 0.05) is 19.3 Å². The van der Waals surface area contributed by atoms with Gasteiger partial charge in [0.25, 0.3) is 0 Å². The van der Waals surface area contributed by atoms with E-state index in [9.17, 15) is 14.4 Å². The van der Waals surface area contributed by atoms with Gasteiger partial charge in [-0.2, -0.15) is 0 Å². The molecule has 0 N–H and O–H groups in total. The summed E-state index contributed by atoms with van der Waals surface area (Å²) < 4.78 is 16.9. The van der Waals surface area contributed by atoms with Crippen LogP contribution in [-0.2, 0) is 28.6 Å². The molecule has 0 aliphatic heterocycles. The van der Waals surface area contributed by atoms with E-state index in [2.05, 4.69) is 41.5 Å². The molecular formula is C57H110O6. The maximum Gasteiger partial charge on any atom is 0.306 e. The van der Waals surface area contributed by atoms with Gasteiger partial charge < -0.3 is 14.2 Å². The highest BCUT2D eigenvalue weighted by Gasteiger charge is 2.19. The number of rotatable bonds is 50. The molecule has 0 saturated carbocycles. The van der Waals surface area contributed by atoms with E-state index in [1.807, 2.05) is 0 Å². The number of carbonyl (C=O) groups is 3.